The Balaban J connectivity index is 1.68. The molecule has 1 saturated heterocycles. The van der Waals surface area contributed by atoms with Crippen LogP contribution in [0.25, 0.3) is 0 Å². The van der Waals surface area contributed by atoms with Crippen LogP contribution in [0.2, 0.25) is 0 Å². The van der Waals surface area contributed by atoms with Crippen LogP contribution in [0, 0.1) is 5.92 Å². The average molecular weight is 242 g/mol. The van der Waals surface area contributed by atoms with E-state index in [1.807, 2.05) is 11.8 Å². The minimum absolute atomic E-state index is 0.920. The van der Waals surface area contributed by atoms with E-state index in [1.165, 1.54) is 64.0 Å². The molecule has 0 bridgehead atoms. The molecule has 0 radical (unpaired) electrons. The van der Waals surface area contributed by atoms with E-state index in [-0.39, 0.29) is 0 Å². The number of piperidine rings is 1. The number of hydrogen-bond donors (Lipinski definition) is 1. The number of nitrogens with one attached hydrogen (secondary N) is 1. The molecule has 2 fully saturated rings. The number of thioether (sulfide) groups is 1. The molecule has 94 valence electrons. The Labute approximate surface area is 105 Å². The van der Waals surface area contributed by atoms with E-state index in [0.29, 0.717) is 0 Å². The molecule has 0 spiro atoms. The second kappa shape index (κ2) is 6.87. The molecular formula is C13H26N2S. The molecule has 1 unspecified atom stereocenters. The Morgan fingerprint density at radius 1 is 1.31 bits per heavy atom. The SMILES string of the molecule is CSCCCN(CC1CCCNC1)C1CC1. The van der Waals surface area contributed by atoms with Crippen molar-refractivity contribution in [1.82, 2.24) is 10.2 Å². The van der Waals surface area contributed by atoms with Crippen LogP contribution in [0.5, 0.6) is 0 Å². The minimum Gasteiger partial charge on any atom is -0.316 e. The van der Waals surface area contributed by atoms with Crippen molar-refractivity contribution in [2.45, 2.75) is 38.1 Å². The first kappa shape index (κ1) is 12.7. The summed E-state index contributed by atoms with van der Waals surface area (Å²) >= 11 is 1.98. The van der Waals surface area contributed by atoms with Gasteiger partial charge in [-0.25, -0.2) is 0 Å². The maximum absolute atomic E-state index is 3.54. The molecule has 1 aliphatic carbocycles. The van der Waals surface area contributed by atoms with E-state index in [1.54, 1.807) is 0 Å². The fourth-order valence-corrected chi connectivity index (χ4v) is 3.10. The van der Waals surface area contributed by atoms with Crippen LogP contribution in [0.1, 0.15) is 32.1 Å². The third-order valence-corrected chi connectivity index (χ3v) is 4.45. The zero-order valence-electron chi connectivity index (χ0n) is 10.6. The third-order valence-electron chi connectivity index (χ3n) is 3.75. The fourth-order valence-electron chi connectivity index (χ4n) is 2.69. The van der Waals surface area contributed by atoms with Crippen LogP contribution in [0.3, 0.4) is 0 Å². The highest BCUT2D eigenvalue weighted by atomic mass is 32.2. The molecule has 2 rings (SSSR count). The lowest BCUT2D eigenvalue weighted by Gasteiger charge is -2.30. The molecule has 0 aromatic rings. The second-order valence-corrected chi connectivity index (χ2v) is 6.27. The van der Waals surface area contributed by atoms with Gasteiger partial charge < -0.3 is 10.2 Å². The Bertz CT molecular complexity index is 188. The van der Waals surface area contributed by atoms with Gasteiger partial charge in [-0.1, -0.05) is 0 Å². The highest BCUT2D eigenvalue weighted by Crippen LogP contribution is 2.28. The Morgan fingerprint density at radius 3 is 2.81 bits per heavy atom. The lowest BCUT2D eigenvalue weighted by atomic mass is 9.99. The summed E-state index contributed by atoms with van der Waals surface area (Å²) < 4.78 is 0. The first-order valence-corrected chi connectivity index (χ1v) is 8.23. The zero-order valence-corrected chi connectivity index (χ0v) is 11.4. The average Bonchev–Trinajstić information content (AvgIpc) is 3.13. The zero-order chi connectivity index (χ0) is 11.2. The lowest BCUT2D eigenvalue weighted by molar-refractivity contribution is 0.200. The van der Waals surface area contributed by atoms with Gasteiger partial charge in [0.15, 0.2) is 0 Å². The molecule has 1 aliphatic heterocycles. The van der Waals surface area contributed by atoms with Crippen LogP contribution in [-0.2, 0) is 0 Å². The van der Waals surface area contributed by atoms with Gasteiger partial charge in [-0.05, 0) is 69.7 Å². The van der Waals surface area contributed by atoms with Crippen LogP contribution in [0.4, 0.5) is 0 Å². The molecular weight excluding hydrogens is 216 g/mol. The summed E-state index contributed by atoms with van der Waals surface area (Å²) in [6.07, 6.45) is 9.33. The smallest absolute Gasteiger partial charge is 0.00965 e. The Kier molecular flexibility index (Phi) is 5.46. The highest BCUT2D eigenvalue weighted by molar-refractivity contribution is 7.98. The third kappa shape index (κ3) is 4.27. The molecule has 2 aliphatic rings. The van der Waals surface area contributed by atoms with Gasteiger partial charge in [-0.15, -0.1) is 0 Å². The maximum atomic E-state index is 3.54. The van der Waals surface area contributed by atoms with Gasteiger partial charge in [0.2, 0.25) is 0 Å². The molecule has 2 nitrogen and oxygen atoms in total. The summed E-state index contributed by atoms with van der Waals surface area (Å²) in [4.78, 5) is 2.77. The molecule has 3 heteroatoms. The van der Waals surface area contributed by atoms with E-state index in [4.69, 9.17) is 0 Å². The van der Waals surface area contributed by atoms with Gasteiger partial charge in [0.05, 0.1) is 0 Å². The van der Waals surface area contributed by atoms with Gasteiger partial charge in [0.25, 0.3) is 0 Å². The van der Waals surface area contributed by atoms with Crippen LogP contribution in [-0.4, -0.2) is 49.1 Å². The van der Waals surface area contributed by atoms with Gasteiger partial charge in [0.1, 0.15) is 0 Å². The van der Waals surface area contributed by atoms with Crippen LogP contribution in [0.15, 0.2) is 0 Å². The molecule has 0 aromatic carbocycles. The molecule has 1 heterocycles. The van der Waals surface area contributed by atoms with Gasteiger partial charge in [-0.3, -0.25) is 0 Å². The topological polar surface area (TPSA) is 15.3 Å². The second-order valence-electron chi connectivity index (χ2n) is 5.28. The van der Waals surface area contributed by atoms with Crippen molar-refractivity contribution >= 4 is 11.8 Å². The van der Waals surface area contributed by atoms with Gasteiger partial charge in [0, 0.05) is 12.6 Å². The molecule has 0 amide bonds. The van der Waals surface area contributed by atoms with Crippen molar-refractivity contribution in [2.24, 2.45) is 5.92 Å². The summed E-state index contributed by atoms with van der Waals surface area (Å²) in [6, 6.07) is 0.948. The normalized spacial score (nSPS) is 26.2. The largest absolute Gasteiger partial charge is 0.316 e. The minimum atomic E-state index is 0.920. The van der Waals surface area contributed by atoms with Crippen LogP contribution >= 0.6 is 11.8 Å². The van der Waals surface area contributed by atoms with E-state index >= 15 is 0 Å². The molecule has 1 N–H and O–H groups in total. The standard InChI is InChI=1S/C13H26N2S/c1-16-9-3-8-15(13-5-6-13)11-12-4-2-7-14-10-12/h12-14H,2-11H2,1H3. The van der Waals surface area contributed by atoms with E-state index < -0.39 is 0 Å². The quantitative estimate of drug-likeness (QED) is 0.689. The van der Waals surface area contributed by atoms with Crippen LogP contribution < -0.4 is 5.32 Å². The van der Waals surface area contributed by atoms with E-state index in [2.05, 4.69) is 16.5 Å². The summed E-state index contributed by atoms with van der Waals surface area (Å²) in [5.41, 5.74) is 0. The molecule has 1 saturated carbocycles. The van der Waals surface area contributed by atoms with Crippen molar-refractivity contribution in [3.05, 3.63) is 0 Å². The van der Waals surface area contributed by atoms with E-state index in [9.17, 15) is 0 Å². The van der Waals surface area contributed by atoms with E-state index in [0.717, 1.165) is 12.0 Å². The summed E-state index contributed by atoms with van der Waals surface area (Å²) in [5, 5.41) is 3.54. The van der Waals surface area contributed by atoms with Crippen molar-refractivity contribution in [3.8, 4) is 0 Å². The molecule has 1 atom stereocenters. The summed E-state index contributed by atoms with van der Waals surface area (Å²) in [6.45, 7) is 5.19. The first-order valence-electron chi connectivity index (χ1n) is 6.84. The highest BCUT2D eigenvalue weighted by Gasteiger charge is 2.30. The number of nitrogens with zero attached hydrogens (tertiary/aromatic N) is 1. The monoisotopic (exact) mass is 242 g/mol. The lowest BCUT2D eigenvalue weighted by Crippen LogP contribution is -2.39. The predicted octanol–water partition coefficient (Wildman–Crippen LogP) is 2.20. The van der Waals surface area contributed by atoms with Gasteiger partial charge in [-0.2, -0.15) is 11.8 Å². The summed E-state index contributed by atoms with van der Waals surface area (Å²) in [5.74, 6) is 2.25. The maximum Gasteiger partial charge on any atom is 0.00965 e. The van der Waals surface area contributed by atoms with Crippen molar-refractivity contribution in [2.75, 3.05) is 38.2 Å². The Hall–Kier alpha value is 0.270. The van der Waals surface area contributed by atoms with Crippen molar-refractivity contribution in [3.63, 3.8) is 0 Å². The molecule has 0 aromatic heterocycles. The first-order chi connectivity index (χ1) is 7.90. The van der Waals surface area contributed by atoms with Crippen molar-refractivity contribution in [1.29, 1.82) is 0 Å². The molecule has 16 heavy (non-hydrogen) atoms. The number of hydrogen-bond acceptors (Lipinski definition) is 3. The predicted molar refractivity (Wildman–Crippen MR) is 73.2 cm³/mol. The number of rotatable bonds is 7. The van der Waals surface area contributed by atoms with Crippen molar-refractivity contribution < 1.29 is 0 Å². The fraction of sp³-hybridized carbons (Fsp3) is 1.00. The van der Waals surface area contributed by atoms with Gasteiger partial charge >= 0.3 is 0 Å². The Morgan fingerprint density at radius 2 is 2.19 bits per heavy atom. The summed E-state index contributed by atoms with van der Waals surface area (Å²) in [7, 11) is 0.